The molecule has 1 N–H and O–H groups in total. The summed E-state index contributed by atoms with van der Waals surface area (Å²) in [5.74, 6) is -0.606. The van der Waals surface area contributed by atoms with Crippen LogP contribution in [0.4, 0.5) is 0 Å². The van der Waals surface area contributed by atoms with Crippen molar-refractivity contribution in [2.45, 2.75) is 77.2 Å². The second-order valence-electron chi connectivity index (χ2n) is 7.88. The summed E-state index contributed by atoms with van der Waals surface area (Å²) in [4.78, 5) is 14.0. The Labute approximate surface area is 122 Å². The molecule has 0 aromatic carbocycles. The van der Waals surface area contributed by atoms with E-state index < -0.39 is 11.4 Å². The molecule has 2 aliphatic carbocycles. The highest BCUT2D eigenvalue weighted by Gasteiger charge is 2.43. The van der Waals surface area contributed by atoms with Crippen LogP contribution in [0.15, 0.2) is 0 Å². The van der Waals surface area contributed by atoms with Gasteiger partial charge in [0, 0.05) is 12.6 Å². The normalized spacial score (nSPS) is 35.5. The zero-order valence-corrected chi connectivity index (χ0v) is 12.9. The Balaban J connectivity index is 1.59. The van der Waals surface area contributed by atoms with Crippen molar-refractivity contribution in [1.82, 2.24) is 4.90 Å². The van der Waals surface area contributed by atoms with Crippen LogP contribution in [0.3, 0.4) is 0 Å². The molecule has 3 rings (SSSR count). The quantitative estimate of drug-likeness (QED) is 0.838. The monoisotopic (exact) mass is 279 g/mol. The number of piperidine rings is 1. The molecule has 114 valence electrons. The lowest BCUT2D eigenvalue weighted by Gasteiger charge is -2.46. The number of rotatable bonds is 2. The fourth-order valence-electron chi connectivity index (χ4n) is 4.97. The summed E-state index contributed by atoms with van der Waals surface area (Å²) in [5, 5.41) is 9.45. The van der Waals surface area contributed by atoms with E-state index in [2.05, 4.69) is 4.90 Å². The Hall–Kier alpha value is -0.570. The van der Waals surface area contributed by atoms with Crippen molar-refractivity contribution in [1.29, 1.82) is 0 Å². The van der Waals surface area contributed by atoms with Crippen molar-refractivity contribution in [2.75, 3.05) is 13.1 Å². The third-order valence-electron chi connectivity index (χ3n) is 6.44. The molecule has 0 amide bonds. The lowest BCUT2D eigenvalue weighted by atomic mass is 9.70. The number of nitrogens with zero attached hydrogens (tertiary/aromatic N) is 1. The van der Waals surface area contributed by atoms with Gasteiger partial charge in [0.1, 0.15) is 0 Å². The van der Waals surface area contributed by atoms with Crippen LogP contribution >= 0.6 is 0 Å². The van der Waals surface area contributed by atoms with Gasteiger partial charge in [-0.2, -0.15) is 0 Å². The highest BCUT2D eigenvalue weighted by atomic mass is 16.4. The molecule has 1 atom stereocenters. The van der Waals surface area contributed by atoms with Gasteiger partial charge in [0.05, 0.1) is 5.41 Å². The molecule has 1 aliphatic heterocycles. The molecular weight excluding hydrogens is 250 g/mol. The Bertz CT molecular complexity index is 365. The number of hydrogen-bond donors (Lipinski definition) is 1. The predicted octanol–water partition coefficient (Wildman–Crippen LogP) is 3.68. The lowest BCUT2D eigenvalue weighted by Crippen LogP contribution is -2.51. The molecule has 3 nitrogen and oxygen atoms in total. The van der Waals surface area contributed by atoms with Crippen LogP contribution < -0.4 is 0 Å². The molecule has 0 radical (unpaired) electrons. The molecule has 0 aromatic heterocycles. The average molecular weight is 279 g/mol. The molecule has 0 aromatic rings. The smallest absolute Gasteiger partial charge is 0.310 e. The summed E-state index contributed by atoms with van der Waals surface area (Å²) in [6.45, 7) is 3.81. The highest BCUT2D eigenvalue weighted by molar-refractivity contribution is 5.74. The van der Waals surface area contributed by atoms with E-state index in [0.717, 1.165) is 25.9 Å². The number of likely N-dealkylation sites (tertiary alicyclic amines) is 1. The maximum atomic E-state index is 11.5. The van der Waals surface area contributed by atoms with Gasteiger partial charge in [0.15, 0.2) is 0 Å². The number of carbonyl (C=O) groups is 1. The number of aliphatic carboxylic acids is 1. The van der Waals surface area contributed by atoms with Crippen LogP contribution in [-0.4, -0.2) is 35.1 Å². The summed E-state index contributed by atoms with van der Waals surface area (Å²) in [6, 6.07) is 0.653. The van der Waals surface area contributed by atoms with Gasteiger partial charge in [-0.1, -0.05) is 12.8 Å². The van der Waals surface area contributed by atoms with Gasteiger partial charge in [-0.15, -0.1) is 0 Å². The van der Waals surface area contributed by atoms with Gasteiger partial charge < -0.3 is 5.11 Å². The van der Waals surface area contributed by atoms with Gasteiger partial charge in [-0.3, -0.25) is 9.69 Å². The molecule has 20 heavy (non-hydrogen) atoms. The maximum Gasteiger partial charge on any atom is 0.310 e. The van der Waals surface area contributed by atoms with Crippen LogP contribution in [0.2, 0.25) is 0 Å². The lowest BCUT2D eigenvalue weighted by molar-refractivity contribution is -0.152. The van der Waals surface area contributed by atoms with E-state index in [1.165, 1.54) is 51.4 Å². The minimum absolute atomic E-state index is 0.513. The third kappa shape index (κ3) is 2.61. The van der Waals surface area contributed by atoms with Gasteiger partial charge in [0.2, 0.25) is 0 Å². The molecule has 3 fully saturated rings. The summed E-state index contributed by atoms with van der Waals surface area (Å²) in [7, 11) is 0. The summed E-state index contributed by atoms with van der Waals surface area (Å²) < 4.78 is 0. The predicted molar refractivity (Wildman–Crippen MR) is 79.7 cm³/mol. The second kappa shape index (κ2) is 5.32. The van der Waals surface area contributed by atoms with Crippen LogP contribution in [0, 0.1) is 10.8 Å². The Morgan fingerprint density at radius 1 is 1.05 bits per heavy atom. The molecule has 3 heteroatoms. The van der Waals surface area contributed by atoms with Crippen molar-refractivity contribution in [2.24, 2.45) is 10.8 Å². The first kappa shape index (κ1) is 14.4. The van der Waals surface area contributed by atoms with Gasteiger partial charge in [0.25, 0.3) is 0 Å². The first-order valence-corrected chi connectivity index (χ1v) is 8.51. The number of carboxylic acids is 1. The van der Waals surface area contributed by atoms with Gasteiger partial charge in [-0.25, -0.2) is 0 Å². The first-order chi connectivity index (χ1) is 9.53. The minimum Gasteiger partial charge on any atom is -0.481 e. The molecular formula is C17H29NO2. The maximum absolute atomic E-state index is 11.5. The van der Waals surface area contributed by atoms with Crippen molar-refractivity contribution in [3.8, 4) is 0 Å². The zero-order valence-electron chi connectivity index (χ0n) is 12.9. The van der Waals surface area contributed by atoms with E-state index in [1.807, 2.05) is 6.92 Å². The molecule has 1 saturated heterocycles. The summed E-state index contributed by atoms with van der Waals surface area (Å²) in [5.41, 5.74) is 0.170. The zero-order chi connectivity index (χ0) is 14.2. The van der Waals surface area contributed by atoms with Crippen molar-refractivity contribution < 1.29 is 9.90 Å². The topological polar surface area (TPSA) is 40.5 Å². The fraction of sp³-hybridized carbons (Fsp3) is 0.941. The largest absolute Gasteiger partial charge is 0.481 e. The fourth-order valence-corrected chi connectivity index (χ4v) is 4.97. The Morgan fingerprint density at radius 3 is 2.30 bits per heavy atom. The molecule has 2 saturated carbocycles. The van der Waals surface area contributed by atoms with Crippen LogP contribution in [0.25, 0.3) is 0 Å². The third-order valence-corrected chi connectivity index (χ3v) is 6.44. The van der Waals surface area contributed by atoms with E-state index >= 15 is 0 Å². The second-order valence-corrected chi connectivity index (χ2v) is 7.88. The molecule has 1 spiro atoms. The first-order valence-electron chi connectivity index (χ1n) is 8.51. The van der Waals surface area contributed by atoms with Crippen molar-refractivity contribution in [3.63, 3.8) is 0 Å². The minimum atomic E-state index is -0.606. The molecule has 1 unspecified atom stereocenters. The molecule has 1 heterocycles. The van der Waals surface area contributed by atoms with Crippen molar-refractivity contribution in [3.05, 3.63) is 0 Å². The van der Waals surface area contributed by atoms with E-state index in [0.29, 0.717) is 11.5 Å². The Morgan fingerprint density at radius 2 is 1.70 bits per heavy atom. The van der Waals surface area contributed by atoms with Crippen LogP contribution in [-0.2, 0) is 4.79 Å². The number of hydrogen-bond acceptors (Lipinski definition) is 2. The SMILES string of the molecule is CC1(C(=O)O)CCCN(C2CCC3(CCCC3)CC2)C1. The molecule has 0 bridgehead atoms. The van der Waals surface area contributed by atoms with Crippen molar-refractivity contribution >= 4 is 5.97 Å². The standard InChI is InChI=1S/C17H29NO2/c1-16(15(19)20)7-4-12-18(13-16)14-5-10-17(11-6-14)8-2-3-9-17/h14H,2-13H2,1H3,(H,19,20). The van der Waals surface area contributed by atoms with Gasteiger partial charge >= 0.3 is 5.97 Å². The van der Waals surface area contributed by atoms with Crippen LogP contribution in [0.1, 0.15) is 71.1 Å². The number of carboxylic acid groups (broad SMARTS) is 1. The molecule has 3 aliphatic rings. The van der Waals surface area contributed by atoms with E-state index in [1.54, 1.807) is 0 Å². The Kier molecular flexibility index (Phi) is 3.83. The average Bonchev–Trinajstić information content (AvgIpc) is 2.88. The van der Waals surface area contributed by atoms with E-state index in [4.69, 9.17) is 0 Å². The van der Waals surface area contributed by atoms with E-state index in [9.17, 15) is 9.90 Å². The van der Waals surface area contributed by atoms with Gasteiger partial charge in [-0.05, 0) is 70.3 Å². The highest BCUT2D eigenvalue weighted by Crippen LogP contribution is 2.50. The summed E-state index contributed by atoms with van der Waals surface area (Å²) >= 11 is 0. The van der Waals surface area contributed by atoms with Crippen LogP contribution in [0.5, 0.6) is 0 Å². The summed E-state index contributed by atoms with van der Waals surface area (Å²) in [6.07, 6.45) is 13.0. The van der Waals surface area contributed by atoms with E-state index in [-0.39, 0.29) is 0 Å².